The van der Waals surface area contributed by atoms with Crippen LogP contribution in [0.25, 0.3) is 10.9 Å². The Bertz CT molecular complexity index is 800. The molecule has 2 heterocycles. The van der Waals surface area contributed by atoms with Crippen molar-refractivity contribution in [3.63, 3.8) is 0 Å². The van der Waals surface area contributed by atoms with Crippen LogP contribution in [0.15, 0.2) is 30.5 Å². The highest BCUT2D eigenvalue weighted by molar-refractivity contribution is 6.35. The van der Waals surface area contributed by atoms with E-state index in [2.05, 4.69) is 10.2 Å². The molecule has 1 aliphatic heterocycles. The van der Waals surface area contributed by atoms with E-state index in [4.69, 9.17) is 11.6 Å². The van der Waals surface area contributed by atoms with Gasteiger partial charge in [0.25, 0.3) is 0 Å². The summed E-state index contributed by atoms with van der Waals surface area (Å²) in [7, 11) is 0. The molecule has 1 saturated carbocycles. The number of hydrogen-bond donors (Lipinski definition) is 1. The van der Waals surface area contributed by atoms with Crippen molar-refractivity contribution in [3.8, 4) is 0 Å². The molecule has 2 aromatic rings. The summed E-state index contributed by atoms with van der Waals surface area (Å²) >= 11 is 6.39. The third-order valence-corrected chi connectivity index (χ3v) is 6.08. The summed E-state index contributed by atoms with van der Waals surface area (Å²) in [4.78, 5) is 15.6. The van der Waals surface area contributed by atoms with E-state index in [1.54, 1.807) is 0 Å². The average Bonchev–Trinajstić information content (AvgIpc) is 2.99. The maximum absolute atomic E-state index is 13.2. The highest BCUT2D eigenvalue weighted by Gasteiger charge is 2.47. The zero-order valence-corrected chi connectivity index (χ0v) is 15.8. The smallest absolute Gasteiger partial charge is 0.246 e. The number of carbonyl (C=O) groups excluding carboxylic acids is 1. The van der Waals surface area contributed by atoms with Gasteiger partial charge in [-0.15, -0.1) is 0 Å². The van der Waals surface area contributed by atoms with Crippen LogP contribution in [0.1, 0.15) is 39.5 Å². The number of rotatable bonds is 5. The highest BCUT2D eigenvalue weighted by atomic mass is 35.5. The standard InChI is InChI=1S/C20H26ClN3O/c1-19(2,24-13-16(21)15-7-3-4-8-17(15)24)18(25)22-20(9-10-20)14-23-11-5-6-12-23/h3-4,7-8,13H,5-6,9-12,14H2,1-2H3,(H,22,25). The van der Waals surface area contributed by atoms with Crippen LogP contribution >= 0.6 is 11.6 Å². The van der Waals surface area contributed by atoms with Crippen LogP contribution in [0.3, 0.4) is 0 Å². The Morgan fingerprint density at radius 1 is 1.24 bits per heavy atom. The van der Waals surface area contributed by atoms with Gasteiger partial charge in [0, 0.05) is 18.1 Å². The van der Waals surface area contributed by atoms with Gasteiger partial charge < -0.3 is 14.8 Å². The minimum Gasteiger partial charge on any atom is -0.347 e. The largest absolute Gasteiger partial charge is 0.347 e. The molecule has 1 amide bonds. The molecular formula is C20H26ClN3O. The Morgan fingerprint density at radius 2 is 1.92 bits per heavy atom. The van der Waals surface area contributed by atoms with Gasteiger partial charge in [-0.05, 0) is 58.7 Å². The SMILES string of the molecule is CC(C)(C(=O)NC1(CN2CCCC2)CC1)n1cc(Cl)c2ccccc21. The molecule has 0 bridgehead atoms. The van der Waals surface area contributed by atoms with E-state index in [0.717, 1.165) is 30.3 Å². The first-order valence-corrected chi connectivity index (χ1v) is 9.60. The van der Waals surface area contributed by atoms with Gasteiger partial charge in [-0.1, -0.05) is 29.8 Å². The van der Waals surface area contributed by atoms with Gasteiger partial charge in [-0.25, -0.2) is 0 Å². The zero-order valence-electron chi connectivity index (χ0n) is 15.0. The first kappa shape index (κ1) is 16.9. The summed E-state index contributed by atoms with van der Waals surface area (Å²) in [5.74, 6) is 0.0709. The van der Waals surface area contributed by atoms with E-state index >= 15 is 0 Å². The fourth-order valence-corrected chi connectivity index (χ4v) is 4.20. The molecule has 1 N–H and O–H groups in total. The van der Waals surface area contributed by atoms with Crippen LogP contribution in [0.5, 0.6) is 0 Å². The van der Waals surface area contributed by atoms with Gasteiger partial charge in [0.1, 0.15) is 5.54 Å². The topological polar surface area (TPSA) is 37.3 Å². The molecule has 2 fully saturated rings. The van der Waals surface area contributed by atoms with Crippen LogP contribution in [-0.2, 0) is 10.3 Å². The van der Waals surface area contributed by atoms with Crippen LogP contribution in [-0.4, -0.2) is 40.5 Å². The molecule has 2 aliphatic rings. The van der Waals surface area contributed by atoms with Crippen molar-refractivity contribution in [3.05, 3.63) is 35.5 Å². The van der Waals surface area contributed by atoms with Crippen LogP contribution in [0, 0.1) is 0 Å². The molecule has 1 saturated heterocycles. The normalized spacial score (nSPS) is 20.1. The molecule has 1 aromatic heterocycles. The third kappa shape index (κ3) is 3.06. The maximum Gasteiger partial charge on any atom is 0.246 e. The summed E-state index contributed by atoms with van der Waals surface area (Å²) in [6.07, 6.45) is 6.61. The first-order chi connectivity index (χ1) is 11.9. The molecule has 0 radical (unpaired) electrons. The number of carbonyl (C=O) groups is 1. The van der Waals surface area contributed by atoms with Crippen LogP contribution in [0.4, 0.5) is 0 Å². The van der Waals surface area contributed by atoms with Crippen LogP contribution in [0.2, 0.25) is 5.02 Å². The van der Waals surface area contributed by atoms with E-state index in [-0.39, 0.29) is 11.4 Å². The predicted octanol–water partition coefficient (Wildman–Crippen LogP) is 3.77. The Morgan fingerprint density at radius 3 is 2.60 bits per heavy atom. The van der Waals surface area contributed by atoms with E-state index < -0.39 is 5.54 Å². The lowest BCUT2D eigenvalue weighted by molar-refractivity contribution is -0.129. The van der Waals surface area contributed by atoms with Crippen molar-refractivity contribution in [1.29, 1.82) is 0 Å². The highest BCUT2D eigenvalue weighted by Crippen LogP contribution is 2.38. The Labute approximate surface area is 154 Å². The van der Waals surface area contributed by atoms with Crippen molar-refractivity contribution in [1.82, 2.24) is 14.8 Å². The number of nitrogens with one attached hydrogen (secondary N) is 1. The van der Waals surface area contributed by atoms with Crippen LogP contribution < -0.4 is 5.32 Å². The van der Waals surface area contributed by atoms with Gasteiger partial charge in [-0.3, -0.25) is 4.79 Å². The Hall–Kier alpha value is -1.52. The van der Waals surface area contributed by atoms with Gasteiger partial charge in [0.2, 0.25) is 5.91 Å². The van der Waals surface area contributed by atoms with E-state index in [1.165, 1.54) is 25.9 Å². The number of benzene rings is 1. The lowest BCUT2D eigenvalue weighted by Gasteiger charge is -2.31. The summed E-state index contributed by atoms with van der Waals surface area (Å²) in [6.45, 7) is 7.26. The second kappa shape index (κ2) is 6.03. The number of nitrogens with zero attached hydrogens (tertiary/aromatic N) is 2. The molecule has 1 aliphatic carbocycles. The van der Waals surface area contributed by atoms with Gasteiger partial charge >= 0.3 is 0 Å². The van der Waals surface area contributed by atoms with Gasteiger partial charge in [0.15, 0.2) is 0 Å². The number of likely N-dealkylation sites (tertiary alicyclic amines) is 1. The van der Waals surface area contributed by atoms with Crippen molar-refractivity contribution in [2.75, 3.05) is 19.6 Å². The summed E-state index contributed by atoms with van der Waals surface area (Å²) in [5, 5.41) is 5.04. The Kier molecular flexibility index (Phi) is 4.08. The fourth-order valence-electron chi connectivity index (χ4n) is 3.95. The van der Waals surface area contributed by atoms with Gasteiger partial charge in [0.05, 0.1) is 16.1 Å². The first-order valence-electron chi connectivity index (χ1n) is 9.22. The minimum atomic E-state index is -0.687. The predicted molar refractivity (Wildman–Crippen MR) is 102 cm³/mol. The molecule has 1 aromatic carbocycles. The number of fused-ring (bicyclic) bond motifs is 1. The van der Waals surface area contributed by atoms with Crippen molar-refractivity contribution >= 4 is 28.4 Å². The number of halogens is 1. The third-order valence-electron chi connectivity index (χ3n) is 5.78. The number of hydrogen-bond acceptors (Lipinski definition) is 2. The van der Waals surface area contributed by atoms with E-state index in [0.29, 0.717) is 5.02 Å². The minimum absolute atomic E-state index is 0.0224. The summed E-state index contributed by atoms with van der Waals surface area (Å²) in [6, 6.07) is 7.98. The molecular weight excluding hydrogens is 334 g/mol. The van der Waals surface area contributed by atoms with Crippen molar-refractivity contribution in [2.24, 2.45) is 0 Å². The summed E-state index contributed by atoms with van der Waals surface area (Å²) in [5.41, 5.74) is 0.288. The molecule has 25 heavy (non-hydrogen) atoms. The molecule has 4 nitrogen and oxygen atoms in total. The number of aromatic nitrogens is 1. The second-order valence-corrected chi connectivity index (χ2v) is 8.55. The fraction of sp³-hybridized carbons (Fsp3) is 0.550. The monoisotopic (exact) mass is 359 g/mol. The molecule has 0 unspecified atom stereocenters. The van der Waals surface area contributed by atoms with E-state index in [1.807, 2.05) is 48.9 Å². The second-order valence-electron chi connectivity index (χ2n) is 8.14. The molecule has 0 spiro atoms. The van der Waals surface area contributed by atoms with E-state index in [9.17, 15) is 4.79 Å². The van der Waals surface area contributed by atoms with Crippen molar-refractivity contribution in [2.45, 2.75) is 50.6 Å². The molecule has 0 atom stereocenters. The Balaban J connectivity index is 1.56. The zero-order chi connectivity index (χ0) is 17.7. The maximum atomic E-state index is 13.2. The number of amides is 1. The number of para-hydroxylation sites is 1. The molecule has 4 rings (SSSR count). The lowest BCUT2D eigenvalue weighted by Crippen LogP contribution is -2.52. The average molecular weight is 360 g/mol. The summed E-state index contributed by atoms with van der Waals surface area (Å²) < 4.78 is 2.01. The lowest BCUT2D eigenvalue weighted by atomic mass is 10.0. The molecule has 5 heteroatoms. The van der Waals surface area contributed by atoms with Gasteiger partial charge in [-0.2, -0.15) is 0 Å². The van der Waals surface area contributed by atoms with Crippen molar-refractivity contribution < 1.29 is 4.79 Å². The molecule has 134 valence electrons. The quantitative estimate of drug-likeness (QED) is 0.882.